The van der Waals surface area contributed by atoms with Crippen LogP contribution in [0.2, 0.25) is 0 Å². The maximum atomic E-state index is 12.0. The molecule has 1 atom stereocenters. The zero-order valence-electron chi connectivity index (χ0n) is 26.5. The number of likely N-dealkylation sites (N-methyl/N-ethyl adjacent to an activating group) is 1. The Morgan fingerprint density at radius 2 is 1.35 bits per heavy atom. The molecular weight excluding hydrogens is 552 g/mol. The van der Waals surface area contributed by atoms with Crippen LogP contribution >= 0.6 is 0 Å². The van der Waals surface area contributed by atoms with Crippen molar-refractivity contribution in [3.63, 3.8) is 0 Å². The minimum Gasteiger partial charge on any atom is -0.377 e. The second kappa shape index (κ2) is 28.1. The Bertz CT molecular complexity index is 812. The lowest BCUT2D eigenvalue weighted by Gasteiger charge is -2.12. The number of carbonyl (C=O) groups excluding carboxylic acids is 3. The monoisotopic (exact) mass is 610 g/mol. The molecule has 0 radical (unpaired) electrons. The Labute approximate surface area is 257 Å². The van der Waals surface area contributed by atoms with Gasteiger partial charge in [0, 0.05) is 25.9 Å². The molecular formula is C30H58N8O5. The predicted molar refractivity (Wildman–Crippen MR) is 166 cm³/mol. The molecule has 248 valence electrons. The van der Waals surface area contributed by atoms with E-state index in [0.29, 0.717) is 45.8 Å². The fraction of sp³-hybridized carbons (Fsp3) is 0.867. The molecule has 0 aliphatic carbocycles. The van der Waals surface area contributed by atoms with E-state index in [1.165, 1.54) is 64.2 Å². The Hall–Kier alpha value is -2.64. The smallest absolute Gasteiger partial charge is 0.245 e. The number of unbranched alkanes of at least 4 members (excludes halogenated alkanes) is 13. The summed E-state index contributed by atoms with van der Waals surface area (Å²) in [5, 5.41) is 22.6. The highest BCUT2D eigenvalue weighted by molar-refractivity contribution is 5.79. The highest BCUT2D eigenvalue weighted by Crippen LogP contribution is 2.13. The highest BCUT2D eigenvalue weighted by atomic mass is 16.5. The minimum absolute atomic E-state index is 0.0215. The van der Waals surface area contributed by atoms with Gasteiger partial charge in [-0.05, 0) is 39.2 Å². The van der Waals surface area contributed by atoms with Gasteiger partial charge in [0.05, 0.1) is 25.9 Å². The van der Waals surface area contributed by atoms with Gasteiger partial charge in [-0.25, -0.2) is 0 Å². The summed E-state index contributed by atoms with van der Waals surface area (Å²) in [7, 11) is 1.70. The largest absolute Gasteiger partial charge is 0.377 e. The van der Waals surface area contributed by atoms with Crippen LogP contribution in [0.4, 0.5) is 0 Å². The van der Waals surface area contributed by atoms with Crippen molar-refractivity contribution >= 4 is 17.7 Å². The summed E-state index contributed by atoms with van der Waals surface area (Å²) in [5.74, 6) is 0.343. The molecule has 0 aliphatic heterocycles. The Balaban J connectivity index is 1.74. The SMILES string of the molecule is CN[C@@H](CCCCNC(=O)COCCOCCNC(=O)CCCCCCCCCCCCCCCc1nn[nH]n1)C(N)=O. The van der Waals surface area contributed by atoms with Crippen LogP contribution in [-0.4, -0.2) is 91.0 Å². The summed E-state index contributed by atoms with van der Waals surface area (Å²) in [6.07, 6.45) is 19.7. The number of nitrogens with two attached hydrogens (primary N) is 1. The van der Waals surface area contributed by atoms with E-state index in [-0.39, 0.29) is 30.4 Å². The molecule has 1 heterocycles. The van der Waals surface area contributed by atoms with Gasteiger partial charge in [-0.15, -0.1) is 10.2 Å². The average Bonchev–Trinajstić information content (AvgIpc) is 3.51. The van der Waals surface area contributed by atoms with Crippen molar-refractivity contribution in [2.24, 2.45) is 5.73 Å². The quantitative estimate of drug-likeness (QED) is 0.0788. The van der Waals surface area contributed by atoms with Crippen LogP contribution < -0.4 is 21.7 Å². The van der Waals surface area contributed by atoms with E-state index >= 15 is 0 Å². The van der Waals surface area contributed by atoms with Crippen molar-refractivity contribution < 1.29 is 23.9 Å². The van der Waals surface area contributed by atoms with E-state index in [2.05, 4.69) is 36.6 Å². The Morgan fingerprint density at radius 3 is 1.95 bits per heavy atom. The number of tetrazole rings is 1. The molecule has 0 spiro atoms. The van der Waals surface area contributed by atoms with Crippen molar-refractivity contribution in [3.8, 4) is 0 Å². The molecule has 0 aliphatic rings. The lowest BCUT2D eigenvalue weighted by Crippen LogP contribution is -2.39. The summed E-state index contributed by atoms with van der Waals surface area (Å²) in [6.45, 7) is 2.08. The number of aromatic nitrogens is 4. The molecule has 0 aromatic carbocycles. The van der Waals surface area contributed by atoms with Crippen LogP contribution in [0, 0.1) is 0 Å². The van der Waals surface area contributed by atoms with E-state index in [9.17, 15) is 14.4 Å². The number of carbonyl (C=O) groups is 3. The van der Waals surface area contributed by atoms with E-state index < -0.39 is 0 Å². The maximum absolute atomic E-state index is 12.0. The molecule has 1 aromatic heterocycles. The highest BCUT2D eigenvalue weighted by Gasteiger charge is 2.11. The molecule has 0 bridgehead atoms. The molecule has 43 heavy (non-hydrogen) atoms. The van der Waals surface area contributed by atoms with Crippen LogP contribution in [0.3, 0.4) is 0 Å². The number of nitrogens with zero attached hydrogens (tertiary/aromatic N) is 3. The molecule has 0 fully saturated rings. The lowest BCUT2D eigenvalue weighted by molar-refractivity contribution is -0.126. The first-order valence-corrected chi connectivity index (χ1v) is 16.4. The summed E-state index contributed by atoms with van der Waals surface area (Å²) in [5.41, 5.74) is 5.27. The van der Waals surface area contributed by atoms with Gasteiger partial charge in [-0.1, -0.05) is 75.8 Å². The second-order valence-electron chi connectivity index (χ2n) is 11.0. The average molecular weight is 611 g/mol. The first-order chi connectivity index (χ1) is 21.0. The Morgan fingerprint density at radius 1 is 0.744 bits per heavy atom. The topological polar surface area (TPSA) is 186 Å². The number of nitrogens with one attached hydrogen (secondary N) is 4. The molecule has 1 rings (SSSR count). The summed E-state index contributed by atoms with van der Waals surface area (Å²) >= 11 is 0. The predicted octanol–water partition coefficient (Wildman–Crippen LogP) is 2.71. The first kappa shape index (κ1) is 38.4. The fourth-order valence-electron chi connectivity index (χ4n) is 4.72. The number of ether oxygens (including phenoxy) is 2. The third-order valence-electron chi connectivity index (χ3n) is 7.30. The van der Waals surface area contributed by atoms with Crippen molar-refractivity contribution in [1.29, 1.82) is 0 Å². The van der Waals surface area contributed by atoms with Crippen LogP contribution in [0.1, 0.15) is 115 Å². The van der Waals surface area contributed by atoms with Crippen molar-refractivity contribution in [3.05, 3.63) is 5.82 Å². The number of primary amides is 1. The number of aryl methyl sites for hydroxylation is 1. The van der Waals surface area contributed by atoms with Crippen LogP contribution in [0.5, 0.6) is 0 Å². The van der Waals surface area contributed by atoms with Crippen molar-refractivity contribution in [2.45, 2.75) is 122 Å². The second-order valence-corrected chi connectivity index (χ2v) is 11.0. The van der Waals surface area contributed by atoms with Gasteiger partial charge in [-0.2, -0.15) is 5.21 Å². The number of amides is 3. The molecule has 3 amide bonds. The molecule has 0 saturated carbocycles. The van der Waals surface area contributed by atoms with Crippen LogP contribution in [0.15, 0.2) is 0 Å². The van der Waals surface area contributed by atoms with E-state index in [0.717, 1.165) is 44.3 Å². The van der Waals surface area contributed by atoms with Gasteiger partial charge in [0.25, 0.3) is 0 Å². The van der Waals surface area contributed by atoms with Gasteiger partial charge in [0.1, 0.15) is 6.61 Å². The fourth-order valence-corrected chi connectivity index (χ4v) is 4.72. The van der Waals surface area contributed by atoms with Crippen molar-refractivity contribution in [2.75, 3.05) is 46.6 Å². The van der Waals surface area contributed by atoms with Crippen LogP contribution in [0.25, 0.3) is 0 Å². The van der Waals surface area contributed by atoms with Gasteiger partial charge in [-0.3, -0.25) is 14.4 Å². The number of hydrogen-bond acceptors (Lipinski definition) is 9. The molecule has 0 saturated heterocycles. The zero-order valence-corrected chi connectivity index (χ0v) is 26.5. The zero-order chi connectivity index (χ0) is 31.2. The van der Waals surface area contributed by atoms with Gasteiger partial charge in [0.15, 0.2) is 5.82 Å². The lowest BCUT2D eigenvalue weighted by atomic mass is 10.0. The van der Waals surface area contributed by atoms with Gasteiger partial charge >= 0.3 is 0 Å². The molecule has 6 N–H and O–H groups in total. The van der Waals surface area contributed by atoms with E-state index in [1.807, 2.05) is 0 Å². The number of rotatable bonds is 31. The normalized spacial score (nSPS) is 11.8. The van der Waals surface area contributed by atoms with E-state index in [4.69, 9.17) is 15.2 Å². The molecule has 0 unspecified atom stereocenters. The first-order valence-electron chi connectivity index (χ1n) is 16.4. The van der Waals surface area contributed by atoms with E-state index in [1.54, 1.807) is 7.05 Å². The molecule has 13 nitrogen and oxygen atoms in total. The summed E-state index contributed by atoms with van der Waals surface area (Å²) in [6, 6.07) is -0.333. The number of hydrogen-bond donors (Lipinski definition) is 5. The van der Waals surface area contributed by atoms with Crippen molar-refractivity contribution in [1.82, 2.24) is 36.6 Å². The van der Waals surface area contributed by atoms with Gasteiger partial charge < -0.3 is 31.2 Å². The minimum atomic E-state index is -0.365. The number of H-pyrrole nitrogens is 1. The Kier molecular flexibility index (Phi) is 25.1. The standard InChI is InChI=1S/C30H58N8O5/c1-32-26(30(31)41)17-15-16-20-33-29(40)25-43-24-23-42-22-21-34-28(39)19-14-12-10-8-6-4-2-3-5-7-9-11-13-18-27-35-37-38-36-27/h26,32H,2-25H2,1H3,(H2,31,41)(H,33,40)(H,34,39)(H,35,36,37,38)/t26-/m0/s1. The summed E-state index contributed by atoms with van der Waals surface area (Å²) < 4.78 is 10.8. The third-order valence-corrected chi connectivity index (χ3v) is 7.30. The summed E-state index contributed by atoms with van der Waals surface area (Å²) in [4.78, 5) is 34.9. The molecule has 13 heteroatoms. The van der Waals surface area contributed by atoms with Gasteiger partial charge in [0.2, 0.25) is 17.7 Å². The molecule has 1 aromatic rings. The third kappa shape index (κ3) is 24.5. The van der Waals surface area contributed by atoms with Crippen LogP contribution in [-0.2, 0) is 30.3 Å². The maximum Gasteiger partial charge on any atom is 0.245 e. The number of aromatic amines is 1.